The Labute approximate surface area is 71.4 Å². The van der Waals surface area contributed by atoms with Crippen molar-refractivity contribution in [3.05, 3.63) is 12.4 Å². The number of alkyl halides is 1. The molecule has 0 aliphatic carbocycles. The zero-order valence-electron chi connectivity index (χ0n) is 6.55. The number of aromatic nitrogens is 2. The molecule has 0 saturated heterocycles. The first-order valence-electron chi connectivity index (χ1n) is 3.61. The summed E-state index contributed by atoms with van der Waals surface area (Å²) in [6.45, 7) is 0.883. The van der Waals surface area contributed by atoms with Gasteiger partial charge >= 0.3 is 0 Å². The Balaban J connectivity index is 2.32. The molecule has 0 fully saturated rings. The third-order valence-electron chi connectivity index (χ3n) is 1.41. The van der Waals surface area contributed by atoms with Crippen LogP contribution in [0.2, 0.25) is 0 Å². The second-order valence-corrected chi connectivity index (χ2v) is 2.71. The lowest BCUT2D eigenvalue weighted by molar-refractivity contribution is 0.882. The molecule has 1 rings (SSSR count). The van der Waals surface area contributed by atoms with Gasteiger partial charge in [0.1, 0.15) is 0 Å². The number of hydrogen-bond acceptors (Lipinski definition) is 2. The van der Waals surface area contributed by atoms with Crippen molar-refractivity contribution >= 4 is 17.5 Å². The number of nitrogens with one attached hydrogen (secondary N) is 1. The highest BCUT2D eigenvalue weighted by atomic mass is 35.5. The summed E-state index contributed by atoms with van der Waals surface area (Å²) in [7, 11) is 1.95. The lowest BCUT2D eigenvalue weighted by Crippen LogP contribution is -2.06. The summed E-state index contributed by atoms with van der Waals surface area (Å²) in [5.74, 6) is 1.59. The van der Waals surface area contributed by atoms with Gasteiger partial charge in [-0.3, -0.25) is 0 Å². The second-order valence-electron chi connectivity index (χ2n) is 2.33. The van der Waals surface area contributed by atoms with Gasteiger partial charge in [0.2, 0.25) is 5.95 Å². The van der Waals surface area contributed by atoms with E-state index in [2.05, 4.69) is 10.3 Å². The number of nitrogens with zero attached hydrogens (tertiary/aromatic N) is 2. The molecule has 3 nitrogen and oxygen atoms in total. The average Bonchev–Trinajstić information content (AvgIpc) is 2.37. The Kier molecular flexibility index (Phi) is 3.23. The summed E-state index contributed by atoms with van der Waals surface area (Å²) in [6, 6.07) is 0. The van der Waals surface area contributed by atoms with E-state index in [4.69, 9.17) is 11.6 Å². The highest BCUT2D eigenvalue weighted by molar-refractivity contribution is 6.17. The van der Waals surface area contributed by atoms with Crippen LogP contribution in [-0.2, 0) is 7.05 Å². The van der Waals surface area contributed by atoms with Crippen LogP contribution in [0.15, 0.2) is 12.4 Å². The van der Waals surface area contributed by atoms with Gasteiger partial charge in [-0.15, -0.1) is 11.6 Å². The van der Waals surface area contributed by atoms with E-state index in [0.717, 1.165) is 18.9 Å². The molecule has 0 aromatic carbocycles. The molecule has 0 radical (unpaired) electrons. The van der Waals surface area contributed by atoms with Gasteiger partial charge in [0.25, 0.3) is 0 Å². The second kappa shape index (κ2) is 4.23. The molecule has 11 heavy (non-hydrogen) atoms. The van der Waals surface area contributed by atoms with Crippen molar-refractivity contribution in [2.45, 2.75) is 6.42 Å². The number of hydrogen-bond donors (Lipinski definition) is 1. The normalized spacial score (nSPS) is 10.0. The molecule has 0 unspecified atom stereocenters. The lowest BCUT2D eigenvalue weighted by Gasteiger charge is -2.03. The molecular weight excluding hydrogens is 162 g/mol. The molecule has 0 amide bonds. The minimum absolute atomic E-state index is 0.692. The van der Waals surface area contributed by atoms with Crippen molar-refractivity contribution in [3.63, 3.8) is 0 Å². The van der Waals surface area contributed by atoms with Crippen LogP contribution in [0.25, 0.3) is 0 Å². The zero-order valence-corrected chi connectivity index (χ0v) is 7.30. The third-order valence-corrected chi connectivity index (χ3v) is 1.68. The fraction of sp³-hybridized carbons (Fsp3) is 0.571. The van der Waals surface area contributed by atoms with Crippen LogP contribution in [-0.4, -0.2) is 22.0 Å². The van der Waals surface area contributed by atoms with E-state index in [9.17, 15) is 0 Å². The van der Waals surface area contributed by atoms with Gasteiger partial charge in [-0.1, -0.05) is 0 Å². The molecular formula is C7H12ClN3. The van der Waals surface area contributed by atoms with E-state index in [-0.39, 0.29) is 0 Å². The molecule has 0 bridgehead atoms. The van der Waals surface area contributed by atoms with Gasteiger partial charge in [-0.2, -0.15) is 0 Å². The van der Waals surface area contributed by atoms with Gasteiger partial charge in [0.15, 0.2) is 0 Å². The summed E-state index contributed by atoms with van der Waals surface area (Å²) in [5, 5.41) is 3.16. The minimum atomic E-state index is 0.692. The Morgan fingerprint density at radius 1 is 1.73 bits per heavy atom. The molecule has 62 valence electrons. The lowest BCUT2D eigenvalue weighted by atomic mass is 10.5. The first-order valence-corrected chi connectivity index (χ1v) is 4.15. The number of anilines is 1. The molecule has 0 saturated carbocycles. The topological polar surface area (TPSA) is 29.9 Å². The SMILES string of the molecule is Cn1ccnc1NCCCCl. The fourth-order valence-electron chi connectivity index (χ4n) is 0.803. The van der Waals surface area contributed by atoms with E-state index in [1.165, 1.54) is 0 Å². The molecule has 1 aromatic rings. The monoisotopic (exact) mass is 173 g/mol. The third kappa shape index (κ3) is 2.42. The number of halogens is 1. The quantitative estimate of drug-likeness (QED) is 0.552. The van der Waals surface area contributed by atoms with Crippen LogP contribution in [0.4, 0.5) is 5.95 Å². The highest BCUT2D eigenvalue weighted by Crippen LogP contribution is 2.00. The van der Waals surface area contributed by atoms with Gasteiger partial charge in [0.05, 0.1) is 0 Å². The van der Waals surface area contributed by atoms with Crippen LogP contribution in [0.1, 0.15) is 6.42 Å². The Morgan fingerprint density at radius 3 is 3.09 bits per heavy atom. The van der Waals surface area contributed by atoms with Crippen LogP contribution < -0.4 is 5.32 Å². The molecule has 0 aliphatic rings. The number of imidazole rings is 1. The Morgan fingerprint density at radius 2 is 2.55 bits per heavy atom. The first kappa shape index (κ1) is 8.40. The van der Waals surface area contributed by atoms with Crippen molar-refractivity contribution in [2.75, 3.05) is 17.7 Å². The Hall–Kier alpha value is -0.700. The van der Waals surface area contributed by atoms with Crippen LogP contribution in [0, 0.1) is 0 Å². The first-order chi connectivity index (χ1) is 5.34. The summed E-state index contributed by atoms with van der Waals surface area (Å²) < 4.78 is 1.94. The van der Waals surface area contributed by atoms with Crippen molar-refractivity contribution in [2.24, 2.45) is 7.05 Å². The summed E-state index contributed by atoms with van der Waals surface area (Å²) >= 11 is 5.51. The standard InChI is InChI=1S/C7H12ClN3/c1-11-6-5-10-7(11)9-4-2-3-8/h5-6H,2-4H2,1H3,(H,9,10). The molecule has 0 atom stereocenters. The predicted octanol–water partition coefficient (Wildman–Crippen LogP) is 1.46. The van der Waals surface area contributed by atoms with Gasteiger partial charge in [0, 0.05) is 31.9 Å². The molecule has 0 spiro atoms. The van der Waals surface area contributed by atoms with Crippen LogP contribution in [0.3, 0.4) is 0 Å². The molecule has 1 aromatic heterocycles. The van der Waals surface area contributed by atoms with Crippen molar-refractivity contribution < 1.29 is 0 Å². The van der Waals surface area contributed by atoms with E-state index >= 15 is 0 Å². The van der Waals surface area contributed by atoms with Gasteiger partial charge < -0.3 is 9.88 Å². The van der Waals surface area contributed by atoms with E-state index < -0.39 is 0 Å². The molecule has 1 N–H and O–H groups in total. The van der Waals surface area contributed by atoms with Gasteiger partial charge in [-0.25, -0.2) is 4.98 Å². The molecule has 0 aliphatic heterocycles. The van der Waals surface area contributed by atoms with Crippen LogP contribution in [0.5, 0.6) is 0 Å². The molecule has 4 heteroatoms. The summed E-state index contributed by atoms with van der Waals surface area (Å²) in [4.78, 5) is 4.10. The number of rotatable bonds is 4. The summed E-state index contributed by atoms with van der Waals surface area (Å²) in [6.07, 6.45) is 4.64. The minimum Gasteiger partial charge on any atom is -0.356 e. The Bertz CT molecular complexity index is 209. The van der Waals surface area contributed by atoms with Crippen LogP contribution >= 0.6 is 11.6 Å². The van der Waals surface area contributed by atoms with Gasteiger partial charge in [-0.05, 0) is 6.42 Å². The maximum Gasteiger partial charge on any atom is 0.202 e. The smallest absolute Gasteiger partial charge is 0.202 e. The van der Waals surface area contributed by atoms with Crippen molar-refractivity contribution in [3.8, 4) is 0 Å². The van der Waals surface area contributed by atoms with E-state index in [1.807, 2.05) is 17.8 Å². The van der Waals surface area contributed by atoms with E-state index in [0.29, 0.717) is 5.88 Å². The number of aryl methyl sites for hydroxylation is 1. The summed E-state index contributed by atoms with van der Waals surface area (Å²) in [5.41, 5.74) is 0. The van der Waals surface area contributed by atoms with Crippen molar-refractivity contribution in [1.29, 1.82) is 0 Å². The fourth-order valence-corrected chi connectivity index (χ4v) is 0.937. The average molecular weight is 174 g/mol. The molecule has 1 heterocycles. The van der Waals surface area contributed by atoms with E-state index in [1.54, 1.807) is 6.20 Å². The maximum absolute atomic E-state index is 5.51. The zero-order chi connectivity index (χ0) is 8.10. The largest absolute Gasteiger partial charge is 0.356 e. The highest BCUT2D eigenvalue weighted by Gasteiger charge is 1.94. The predicted molar refractivity (Wildman–Crippen MR) is 47.0 cm³/mol. The maximum atomic E-state index is 5.51. The van der Waals surface area contributed by atoms with Crippen molar-refractivity contribution in [1.82, 2.24) is 9.55 Å².